The zero-order chi connectivity index (χ0) is 8.32. The quantitative estimate of drug-likeness (QED) is 0.581. The summed E-state index contributed by atoms with van der Waals surface area (Å²) in [4.78, 5) is 0. The molecular weight excluding hydrogens is 143 g/mol. The third-order valence-corrected chi connectivity index (χ3v) is 2.00. The minimum Gasteiger partial charge on any atom is -0.299 e. The molecule has 0 aromatic heterocycles. The zero-order valence-corrected chi connectivity index (χ0v) is 6.82. The molecule has 0 bridgehead atoms. The van der Waals surface area contributed by atoms with Gasteiger partial charge in [0.05, 0.1) is 5.66 Å². The Morgan fingerprint density at radius 2 is 2.09 bits per heavy atom. The molecule has 3 heteroatoms. The number of hydrogen-bond donors (Lipinski definition) is 2. The lowest BCUT2D eigenvalue weighted by molar-refractivity contribution is 0.341. The van der Waals surface area contributed by atoms with Gasteiger partial charge in [-0.1, -0.05) is 6.08 Å². The SMILES string of the molecule is CNC1(NC)C=CC=C(F)C1. The number of nitrogens with one attached hydrogen (secondary N) is 2. The molecule has 1 aliphatic carbocycles. The molecule has 2 nitrogen and oxygen atoms in total. The van der Waals surface area contributed by atoms with Crippen molar-refractivity contribution in [2.45, 2.75) is 12.1 Å². The predicted octanol–water partition coefficient (Wildman–Crippen LogP) is 0.935. The lowest BCUT2D eigenvalue weighted by Crippen LogP contribution is -2.52. The molecule has 2 N–H and O–H groups in total. The van der Waals surface area contributed by atoms with Gasteiger partial charge in [0, 0.05) is 6.42 Å². The summed E-state index contributed by atoms with van der Waals surface area (Å²) in [6, 6.07) is 0. The highest BCUT2D eigenvalue weighted by Gasteiger charge is 2.25. The van der Waals surface area contributed by atoms with Crippen LogP contribution in [0.2, 0.25) is 0 Å². The molecule has 0 aromatic rings. The molecule has 0 aliphatic heterocycles. The van der Waals surface area contributed by atoms with E-state index in [1.54, 1.807) is 20.2 Å². The van der Waals surface area contributed by atoms with Gasteiger partial charge in [0.15, 0.2) is 0 Å². The first-order chi connectivity index (χ1) is 5.22. The van der Waals surface area contributed by atoms with Gasteiger partial charge in [-0.05, 0) is 26.2 Å². The summed E-state index contributed by atoms with van der Waals surface area (Å²) in [5.74, 6) is -0.101. The summed E-state index contributed by atoms with van der Waals surface area (Å²) in [5.41, 5.74) is -0.390. The molecule has 1 rings (SSSR count). The first-order valence-electron chi connectivity index (χ1n) is 3.64. The molecule has 0 aromatic carbocycles. The molecule has 0 radical (unpaired) electrons. The number of allylic oxidation sites excluding steroid dienone is 2. The summed E-state index contributed by atoms with van der Waals surface area (Å²) >= 11 is 0. The van der Waals surface area contributed by atoms with Crippen LogP contribution in [-0.4, -0.2) is 19.8 Å². The van der Waals surface area contributed by atoms with Crippen molar-refractivity contribution >= 4 is 0 Å². The van der Waals surface area contributed by atoms with E-state index in [1.165, 1.54) is 6.08 Å². The number of halogens is 1. The van der Waals surface area contributed by atoms with Gasteiger partial charge in [-0.2, -0.15) is 0 Å². The van der Waals surface area contributed by atoms with Gasteiger partial charge in [0.2, 0.25) is 0 Å². The Morgan fingerprint density at radius 3 is 2.45 bits per heavy atom. The van der Waals surface area contributed by atoms with Gasteiger partial charge < -0.3 is 0 Å². The zero-order valence-electron chi connectivity index (χ0n) is 6.82. The van der Waals surface area contributed by atoms with E-state index in [0.29, 0.717) is 6.42 Å². The first kappa shape index (κ1) is 8.43. The second kappa shape index (κ2) is 3.15. The van der Waals surface area contributed by atoms with Crippen LogP contribution >= 0.6 is 0 Å². The summed E-state index contributed by atoms with van der Waals surface area (Å²) in [5, 5.41) is 6.04. The van der Waals surface area contributed by atoms with Gasteiger partial charge in [-0.15, -0.1) is 0 Å². The van der Waals surface area contributed by atoms with Crippen molar-refractivity contribution in [2.24, 2.45) is 0 Å². The summed E-state index contributed by atoms with van der Waals surface area (Å²) in [7, 11) is 3.61. The van der Waals surface area contributed by atoms with Crippen molar-refractivity contribution in [3.8, 4) is 0 Å². The van der Waals surface area contributed by atoms with E-state index in [9.17, 15) is 4.39 Å². The molecular formula is C8H13FN2. The molecule has 0 heterocycles. The Balaban J connectivity index is 2.75. The van der Waals surface area contributed by atoms with Crippen LogP contribution in [-0.2, 0) is 0 Å². The normalized spacial score (nSPS) is 21.5. The highest BCUT2D eigenvalue weighted by Crippen LogP contribution is 2.20. The molecule has 0 spiro atoms. The minimum absolute atomic E-state index is 0.101. The molecule has 0 unspecified atom stereocenters. The van der Waals surface area contributed by atoms with Crippen LogP contribution < -0.4 is 10.6 Å². The van der Waals surface area contributed by atoms with Gasteiger partial charge in [0.1, 0.15) is 5.83 Å². The van der Waals surface area contributed by atoms with Crippen LogP contribution in [0.15, 0.2) is 24.1 Å². The van der Waals surface area contributed by atoms with Gasteiger partial charge in [0.25, 0.3) is 0 Å². The molecule has 62 valence electrons. The van der Waals surface area contributed by atoms with Crippen molar-refractivity contribution in [1.29, 1.82) is 0 Å². The number of likely N-dealkylation sites (N-methyl/N-ethyl adjacent to an activating group) is 2. The van der Waals surface area contributed by atoms with E-state index in [2.05, 4.69) is 10.6 Å². The topological polar surface area (TPSA) is 24.1 Å². The van der Waals surface area contributed by atoms with Gasteiger partial charge in [-0.3, -0.25) is 10.6 Å². The fraction of sp³-hybridized carbons (Fsp3) is 0.500. The number of rotatable bonds is 2. The lowest BCUT2D eigenvalue weighted by atomic mass is 10.0. The van der Waals surface area contributed by atoms with Crippen LogP contribution in [0.25, 0.3) is 0 Å². The summed E-state index contributed by atoms with van der Waals surface area (Å²) in [6.07, 6.45) is 5.48. The molecule has 0 atom stereocenters. The van der Waals surface area contributed by atoms with Crippen molar-refractivity contribution < 1.29 is 4.39 Å². The smallest absolute Gasteiger partial charge is 0.103 e. The Kier molecular flexibility index (Phi) is 2.42. The summed E-state index contributed by atoms with van der Waals surface area (Å²) < 4.78 is 12.8. The molecule has 0 saturated heterocycles. The second-order valence-corrected chi connectivity index (χ2v) is 2.62. The van der Waals surface area contributed by atoms with Gasteiger partial charge >= 0.3 is 0 Å². The second-order valence-electron chi connectivity index (χ2n) is 2.62. The van der Waals surface area contributed by atoms with Crippen LogP contribution in [0, 0.1) is 0 Å². The molecule has 0 saturated carbocycles. The highest BCUT2D eigenvalue weighted by atomic mass is 19.1. The van der Waals surface area contributed by atoms with Crippen molar-refractivity contribution in [1.82, 2.24) is 10.6 Å². The highest BCUT2D eigenvalue weighted by molar-refractivity contribution is 5.22. The fourth-order valence-corrected chi connectivity index (χ4v) is 1.17. The minimum atomic E-state index is -0.390. The maximum absolute atomic E-state index is 12.8. The molecule has 1 aliphatic rings. The fourth-order valence-electron chi connectivity index (χ4n) is 1.17. The van der Waals surface area contributed by atoms with Gasteiger partial charge in [-0.25, -0.2) is 4.39 Å². The predicted molar refractivity (Wildman–Crippen MR) is 43.8 cm³/mol. The van der Waals surface area contributed by atoms with Crippen molar-refractivity contribution in [3.63, 3.8) is 0 Å². The molecule has 0 fully saturated rings. The molecule has 0 amide bonds. The third-order valence-electron chi connectivity index (χ3n) is 2.00. The van der Waals surface area contributed by atoms with E-state index in [-0.39, 0.29) is 5.83 Å². The summed E-state index contributed by atoms with van der Waals surface area (Å²) in [6.45, 7) is 0. The maximum Gasteiger partial charge on any atom is 0.103 e. The van der Waals surface area contributed by atoms with E-state index in [4.69, 9.17) is 0 Å². The first-order valence-corrected chi connectivity index (χ1v) is 3.64. The van der Waals surface area contributed by atoms with E-state index < -0.39 is 5.66 Å². The van der Waals surface area contributed by atoms with Crippen LogP contribution in [0.1, 0.15) is 6.42 Å². The van der Waals surface area contributed by atoms with Crippen LogP contribution in [0.3, 0.4) is 0 Å². The third kappa shape index (κ3) is 1.67. The largest absolute Gasteiger partial charge is 0.299 e. The molecule has 11 heavy (non-hydrogen) atoms. The number of hydrogen-bond acceptors (Lipinski definition) is 2. The van der Waals surface area contributed by atoms with Crippen molar-refractivity contribution in [2.75, 3.05) is 14.1 Å². The van der Waals surface area contributed by atoms with E-state index in [1.807, 2.05) is 6.08 Å². The van der Waals surface area contributed by atoms with Crippen molar-refractivity contribution in [3.05, 3.63) is 24.1 Å². The Bertz CT molecular complexity index is 192. The average molecular weight is 156 g/mol. The Hall–Kier alpha value is -0.670. The Labute approximate surface area is 66.2 Å². The van der Waals surface area contributed by atoms with E-state index in [0.717, 1.165) is 0 Å². The lowest BCUT2D eigenvalue weighted by Gasteiger charge is -2.30. The monoisotopic (exact) mass is 156 g/mol. The van der Waals surface area contributed by atoms with Crippen LogP contribution in [0.5, 0.6) is 0 Å². The van der Waals surface area contributed by atoms with E-state index >= 15 is 0 Å². The Morgan fingerprint density at radius 1 is 1.45 bits per heavy atom. The average Bonchev–Trinajstić information content (AvgIpc) is 2.04. The standard InChI is InChI=1S/C8H13FN2/c1-10-8(11-2)5-3-4-7(9)6-8/h3-5,10-11H,6H2,1-2H3. The maximum atomic E-state index is 12.8. The van der Waals surface area contributed by atoms with Crippen LogP contribution in [0.4, 0.5) is 4.39 Å².